The summed E-state index contributed by atoms with van der Waals surface area (Å²) in [5.41, 5.74) is -0.910. The number of allylic oxidation sites excluding steroid dienone is 1. The van der Waals surface area contributed by atoms with Crippen LogP contribution in [0.3, 0.4) is 0 Å². The Hall–Kier alpha value is -3.59. The van der Waals surface area contributed by atoms with Gasteiger partial charge in [-0.25, -0.2) is 14.0 Å². The van der Waals surface area contributed by atoms with E-state index in [9.17, 15) is 28.7 Å². The fraction of sp³-hybridized carbons (Fsp3) is 0.613. The molecule has 0 spiro atoms. The van der Waals surface area contributed by atoms with Crippen LogP contribution in [0.15, 0.2) is 30.4 Å². The molecule has 2 fully saturated rings. The molecular weight excluding hydrogens is 591 g/mol. The average molecular weight is 633 g/mol. The molecule has 3 heterocycles. The van der Waals surface area contributed by atoms with Crippen molar-refractivity contribution in [1.82, 2.24) is 20.6 Å². The van der Waals surface area contributed by atoms with Gasteiger partial charge in [0.25, 0.3) is 0 Å². The molecular formula is C31H41FN4O9. The van der Waals surface area contributed by atoms with Crippen LogP contribution in [0.4, 0.5) is 9.18 Å². The second-order valence-corrected chi connectivity index (χ2v) is 12.9. The number of fused-ring (bicyclic) bond motifs is 3. The minimum absolute atomic E-state index is 0.0228. The van der Waals surface area contributed by atoms with E-state index in [-0.39, 0.29) is 51.1 Å². The van der Waals surface area contributed by atoms with Gasteiger partial charge in [0.05, 0.1) is 25.8 Å². The zero-order valence-corrected chi connectivity index (χ0v) is 25.8. The summed E-state index contributed by atoms with van der Waals surface area (Å²) < 4.78 is 31.2. The summed E-state index contributed by atoms with van der Waals surface area (Å²) in [4.78, 5) is 59.5. The summed E-state index contributed by atoms with van der Waals surface area (Å²) in [7, 11) is 0. The summed E-state index contributed by atoms with van der Waals surface area (Å²) in [6, 6.07) is 2.60. The molecule has 14 heteroatoms. The Morgan fingerprint density at radius 3 is 2.78 bits per heavy atom. The maximum Gasteiger partial charge on any atom is 0.408 e. The number of carbonyl (C=O) groups excluding carboxylic acids is 3. The van der Waals surface area contributed by atoms with Gasteiger partial charge < -0.3 is 34.9 Å². The quantitative estimate of drug-likeness (QED) is 0.314. The number of hydroxylamine groups is 2. The van der Waals surface area contributed by atoms with E-state index in [4.69, 9.17) is 19.0 Å². The molecule has 3 amide bonds. The third kappa shape index (κ3) is 7.80. The van der Waals surface area contributed by atoms with Crippen LogP contribution in [0.1, 0.15) is 57.6 Å². The lowest BCUT2D eigenvalue weighted by molar-refractivity contribution is -0.239. The monoisotopic (exact) mass is 632 g/mol. The number of benzene rings is 1. The summed E-state index contributed by atoms with van der Waals surface area (Å²) in [5, 5.41) is 16.8. The van der Waals surface area contributed by atoms with E-state index in [1.54, 1.807) is 38.0 Å². The molecule has 0 aromatic heterocycles. The maximum absolute atomic E-state index is 14.1. The van der Waals surface area contributed by atoms with Gasteiger partial charge in [-0.1, -0.05) is 24.3 Å². The molecule has 0 radical (unpaired) electrons. The Morgan fingerprint density at radius 1 is 1.24 bits per heavy atom. The Morgan fingerprint density at radius 2 is 2.04 bits per heavy atom. The molecule has 13 nitrogen and oxygen atoms in total. The van der Waals surface area contributed by atoms with E-state index in [1.165, 1.54) is 11.0 Å². The van der Waals surface area contributed by atoms with Gasteiger partial charge in [0.1, 0.15) is 29.0 Å². The van der Waals surface area contributed by atoms with Gasteiger partial charge in [0.2, 0.25) is 11.8 Å². The number of alkyl carbamates (subject to hydrolysis) is 1. The van der Waals surface area contributed by atoms with Gasteiger partial charge in [0.15, 0.2) is 6.79 Å². The Labute approximate surface area is 260 Å². The number of carboxylic acid groups (broad SMARTS) is 1. The van der Waals surface area contributed by atoms with Crippen molar-refractivity contribution >= 4 is 23.9 Å². The van der Waals surface area contributed by atoms with Gasteiger partial charge >= 0.3 is 12.1 Å². The van der Waals surface area contributed by atoms with Crippen molar-refractivity contribution in [3.63, 3.8) is 0 Å². The number of nitrogens with zero attached hydrogens (tertiary/aromatic N) is 2. The predicted octanol–water partition coefficient (Wildman–Crippen LogP) is 2.24. The van der Waals surface area contributed by atoms with Gasteiger partial charge in [-0.05, 0) is 51.7 Å². The Bertz CT molecular complexity index is 1330. The van der Waals surface area contributed by atoms with Crippen molar-refractivity contribution in [2.45, 2.75) is 88.9 Å². The molecule has 0 bridgehead atoms. The smallest absolute Gasteiger partial charge is 0.408 e. The van der Waals surface area contributed by atoms with Crippen LogP contribution in [-0.2, 0) is 46.5 Å². The molecule has 0 unspecified atom stereocenters. The summed E-state index contributed by atoms with van der Waals surface area (Å²) in [6.07, 6.45) is 3.72. The van der Waals surface area contributed by atoms with Crippen LogP contribution in [0, 0.1) is 11.7 Å². The van der Waals surface area contributed by atoms with Crippen molar-refractivity contribution in [3.8, 4) is 0 Å². The number of ether oxygens (including phenoxy) is 3. The highest BCUT2D eigenvalue weighted by Gasteiger charge is 2.61. The second-order valence-electron chi connectivity index (χ2n) is 12.9. The lowest BCUT2D eigenvalue weighted by Gasteiger charge is -2.30. The van der Waals surface area contributed by atoms with E-state index in [0.29, 0.717) is 31.6 Å². The van der Waals surface area contributed by atoms with E-state index >= 15 is 0 Å². The third-order valence-corrected chi connectivity index (χ3v) is 8.33. The van der Waals surface area contributed by atoms with Crippen LogP contribution in [0.25, 0.3) is 0 Å². The Kier molecular flexibility index (Phi) is 9.77. The topological polar surface area (TPSA) is 156 Å². The molecule has 1 aliphatic carbocycles. The first-order chi connectivity index (χ1) is 21.4. The van der Waals surface area contributed by atoms with Crippen LogP contribution in [0.5, 0.6) is 0 Å². The highest BCUT2D eigenvalue weighted by molar-refractivity contribution is 5.96. The average Bonchev–Trinajstić information content (AvgIpc) is 3.27. The first-order valence-electron chi connectivity index (χ1n) is 15.2. The summed E-state index contributed by atoms with van der Waals surface area (Å²) in [6.45, 7) is 5.61. The van der Waals surface area contributed by atoms with Gasteiger partial charge in [0, 0.05) is 31.1 Å². The van der Waals surface area contributed by atoms with E-state index in [0.717, 1.165) is 5.56 Å². The summed E-state index contributed by atoms with van der Waals surface area (Å²) in [5.74, 6) is -3.07. The molecule has 5 atom stereocenters. The van der Waals surface area contributed by atoms with Gasteiger partial charge in [-0.2, -0.15) is 5.06 Å². The molecule has 5 rings (SSSR count). The normalized spacial score (nSPS) is 29.8. The second kappa shape index (κ2) is 13.4. The standard InChI is InChI=1S/C31H41FN4O9/c1-30(2,3)45-29(41)33-24-17-42-11-6-4-5-9-20-13-31(20,28(39)40)34-26(37)25-12-21(15-36(25)27(24)38)43-18-44-35-14-19-8-7-10-23(32)22(19)16-35/h5,7-10,20-21,24-25H,4,6,11-18H2,1-3H3,(H,33,41)(H,34,37)(H,39,40)/b9-5-/t20-,21-,24+,25+,31-/m1/s1. The van der Waals surface area contributed by atoms with Crippen molar-refractivity contribution in [3.05, 3.63) is 47.3 Å². The number of amides is 3. The van der Waals surface area contributed by atoms with Crippen LogP contribution >= 0.6 is 0 Å². The zero-order valence-electron chi connectivity index (χ0n) is 25.8. The minimum atomic E-state index is -1.46. The number of nitrogens with one attached hydrogen (secondary N) is 2. The lowest BCUT2D eigenvalue weighted by Crippen LogP contribution is -2.57. The highest BCUT2D eigenvalue weighted by Crippen LogP contribution is 2.45. The first kappa shape index (κ1) is 32.8. The minimum Gasteiger partial charge on any atom is -0.479 e. The molecule has 3 aliphatic heterocycles. The van der Waals surface area contributed by atoms with E-state index in [2.05, 4.69) is 10.6 Å². The third-order valence-electron chi connectivity index (χ3n) is 8.33. The number of hydrogen-bond donors (Lipinski definition) is 3. The maximum atomic E-state index is 14.1. The number of aliphatic carboxylic acids is 1. The largest absolute Gasteiger partial charge is 0.479 e. The van der Waals surface area contributed by atoms with Crippen LogP contribution in [0.2, 0.25) is 0 Å². The number of carbonyl (C=O) groups is 4. The number of hydrogen-bond acceptors (Lipinski definition) is 9. The molecule has 4 aliphatic rings. The number of halogens is 1. The van der Waals surface area contributed by atoms with Crippen molar-refractivity contribution in [2.24, 2.45) is 5.92 Å². The van der Waals surface area contributed by atoms with Gasteiger partial charge in [-0.3, -0.25) is 14.4 Å². The van der Waals surface area contributed by atoms with E-state index < -0.39 is 53.2 Å². The molecule has 45 heavy (non-hydrogen) atoms. The molecule has 1 saturated heterocycles. The first-order valence-corrected chi connectivity index (χ1v) is 15.2. The summed E-state index contributed by atoms with van der Waals surface area (Å²) >= 11 is 0. The molecule has 1 aromatic rings. The van der Waals surface area contributed by atoms with Crippen LogP contribution < -0.4 is 10.6 Å². The van der Waals surface area contributed by atoms with Crippen molar-refractivity contribution < 1.29 is 47.7 Å². The molecule has 3 N–H and O–H groups in total. The van der Waals surface area contributed by atoms with E-state index in [1.807, 2.05) is 12.1 Å². The zero-order chi connectivity index (χ0) is 32.4. The predicted molar refractivity (Wildman–Crippen MR) is 156 cm³/mol. The van der Waals surface area contributed by atoms with Crippen molar-refractivity contribution in [2.75, 3.05) is 26.6 Å². The molecule has 1 saturated carbocycles. The fourth-order valence-electron chi connectivity index (χ4n) is 5.91. The SMILES string of the molecule is CC(C)(C)OC(=O)N[C@H]1COCCC/C=C\[C@@H]2C[C@@]2(C(=O)O)NC(=O)[C@@H]2C[C@@H](OCON3Cc4cccc(F)c4C3)CN2C1=O. The van der Waals surface area contributed by atoms with Crippen LogP contribution in [-0.4, -0.2) is 94.8 Å². The fourth-order valence-corrected chi connectivity index (χ4v) is 5.91. The van der Waals surface area contributed by atoms with Gasteiger partial charge in [-0.15, -0.1) is 0 Å². The van der Waals surface area contributed by atoms with Crippen molar-refractivity contribution in [1.29, 1.82) is 0 Å². The molecule has 1 aromatic carbocycles. The lowest BCUT2D eigenvalue weighted by atomic mass is 10.1. The number of carboxylic acids is 1. The number of rotatable bonds is 6. The molecule has 246 valence electrons. The highest BCUT2D eigenvalue weighted by atomic mass is 19.1. The Balaban J connectivity index is 1.30.